The number of carbonyl (C=O) groups excluding carboxylic acids is 1. The van der Waals surface area contributed by atoms with Crippen LogP contribution in [0.5, 0.6) is 0 Å². The number of esters is 1. The molecule has 0 radical (unpaired) electrons. The molecule has 0 amide bonds. The van der Waals surface area contributed by atoms with Crippen molar-refractivity contribution in [1.82, 2.24) is 0 Å². The molecule has 38 heavy (non-hydrogen) atoms. The minimum absolute atomic E-state index is 0.0846. The first-order chi connectivity index (χ1) is 18.1. The van der Waals surface area contributed by atoms with Crippen molar-refractivity contribution in [3.8, 4) is 0 Å². The highest BCUT2D eigenvalue weighted by atomic mass is 16.6. The van der Waals surface area contributed by atoms with Crippen LogP contribution >= 0.6 is 0 Å². The van der Waals surface area contributed by atoms with E-state index in [1.807, 2.05) is 12.2 Å². The van der Waals surface area contributed by atoms with Gasteiger partial charge in [-0.2, -0.15) is 0 Å². The quantitative estimate of drug-likeness (QED) is 0.313. The number of hydrogen-bond acceptors (Lipinski definition) is 7. The molecule has 9 atom stereocenters. The number of aliphatic hydroxyl groups excluding tert-OH is 2. The lowest BCUT2D eigenvalue weighted by Gasteiger charge is -2.34. The molecule has 2 unspecified atom stereocenters. The van der Waals surface area contributed by atoms with Gasteiger partial charge in [-0.15, -0.1) is 0 Å². The molecule has 2 saturated heterocycles. The number of fused-ring (bicyclic) bond motifs is 3. The Bertz CT molecular complexity index is 906. The average Bonchev–Trinajstić information content (AvgIpc) is 3.60. The van der Waals surface area contributed by atoms with Crippen molar-refractivity contribution in [3.05, 3.63) is 48.6 Å². The van der Waals surface area contributed by atoms with Crippen molar-refractivity contribution in [2.45, 2.75) is 121 Å². The lowest BCUT2D eigenvalue weighted by atomic mass is 9.82. The summed E-state index contributed by atoms with van der Waals surface area (Å²) in [4.78, 5) is 12.7. The van der Waals surface area contributed by atoms with Crippen LogP contribution in [0, 0.1) is 11.3 Å². The highest BCUT2D eigenvalue weighted by molar-refractivity contribution is 5.82. The zero-order valence-electron chi connectivity index (χ0n) is 23.2. The number of carbonyl (C=O) groups is 1. The molecule has 2 fully saturated rings. The molecule has 212 valence electrons. The Hall–Kier alpha value is -1.77. The van der Waals surface area contributed by atoms with E-state index in [4.69, 9.17) is 18.9 Å². The van der Waals surface area contributed by atoms with E-state index in [9.17, 15) is 15.0 Å². The van der Waals surface area contributed by atoms with Gasteiger partial charge in [-0.3, -0.25) is 0 Å². The summed E-state index contributed by atoms with van der Waals surface area (Å²) >= 11 is 0. The van der Waals surface area contributed by atoms with Crippen LogP contribution in [0.2, 0.25) is 0 Å². The molecule has 0 aliphatic carbocycles. The van der Waals surface area contributed by atoms with Crippen LogP contribution in [0.1, 0.15) is 72.1 Å². The fourth-order valence-corrected chi connectivity index (χ4v) is 5.87. The van der Waals surface area contributed by atoms with Crippen molar-refractivity contribution in [2.24, 2.45) is 11.3 Å². The number of aliphatic hydroxyl groups is 2. The normalized spacial score (nSPS) is 40.4. The Morgan fingerprint density at radius 3 is 2.76 bits per heavy atom. The minimum Gasteiger partial charge on any atom is -0.456 e. The lowest BCUT2D eigenvalue weighted by molar-refractivity contribution is -0.148. The first-order valence-corrected chi connectivity index (χ1v) is 14.3. The molecule has 4 aliphatic heterocycles. The zero-order chi connectivity index (χ0) is 27.3. The minimum atomic E-state index is -1.02. The van der Waals surface area contributed by atoms with E-state index in [0.717, 1.165) is 37.7 Å². The molecule has 2 N–H and O–H groups in total. The number of rotatable bonds is 3. The van der Waals surface area contributed by atoms with Gasteiger partial charge in [0.1, 0.15) is 18.3 Å². The maximum Gasteiger partial charge on any atom is 0.330 e. The van der Waals surface area contributed by atoms with Crippen molar-refractivity contribution in [1.29, 1.82) is 0 Å². The van der Waals surface area contributed by atoms with Crippen LogP contribution in [0.15, 0.2) is 48.6 Å². The molecule has 0 spiro atoms. The van der Waals surface area contributed by atoms with Gasteiger partial charge in [0, 0.05) is 19.1 Å². The monoisotopic (exact) mass is 530 g/mol. The highest BCUT2D eigenvalue weighted by Crippen LogP contribution is 2.35. The van der Waals surface area contributed by atoms with Crippen molar-refractivity contribution < 1.29 is 34.0 Å². The van der Waals surface area contributed by atoms with Crippen LogP contribution in [-0.4, -0.2) is 71.6 Å². The third-order valence-corrected chi connectivity index (χ3v) is 8.04. The summed E-state index contributed by atoms with van der Waals surface area (Å²) in [6.45, 7) is 11.5. The summed E-state index contributed by atoms with van der Waals surface area (Å²) in [6, 6.07) is 0. The van der Waals surface area contributed by atoms with E-state index in [-0.39, 0.29) is 35.9 Å². The van der Waals surface area contributed by atoms with E-state index in [1.165, 1.54) is 6.08 Å². The van der Waals surface area contributed by atoms with Gasteiger partial charge in [-0.05, 0) is 56.3 Å². The van der Waals surface area contributed by atoms with Crippen LogP contribution < -0.4 is 0 Å². The van der Waals surface area contributed by atoms with Crippen molar-refractivity contribution in [3.63, 3.8) is 0 Å². The van der Waals surface area contributed by atoms with Gasteiger partial charge >= 0.3 is 5.97 Å². The Morgan fingerprint density at radius 1 is 1.16 bits per heavy atom. The Labute approximate surface area is 227 Å². The molecule has 4 heterocycles. The Balaban J connectivity index is 1.44. The van der Waals surface area contributed by atoms with Crippen molar-refractivity contribution in [2.75, 3.05) is 6.61 Å². The topological polar surface area (TPSA) is 97.8 Å². The van der Waals surface area contributed by atoms with Gasteiger partial charge in [0.2, 0.25) is 0 Å². The Morgan fingerprint density at radius 2 is 1.97 bits per heavy atom. The van der Waals surface area contributed by atoms with Crippen LogP contribution in [0.25, 0.3) is 0 Å². The second-order valence-electron chi connectivity index (χ2n) is 12.4. The second kappa shape index (κ2) is 13.1. The highest BCUT2D eigenvalue weighted by Gasteiger charge is 2.46. The Kier molecular flexibility index (Phi) is 10.0. The zero-order valence-corrected chi connectivity index (χ0v) is 23.2. The molecule has 0 aromatic rings. The van der Waals surface area contributed by atoms with Crippen LogP contribution in [0.4, 0.5) is 0 Å². The molecule has 0 aromatic heterocycles. The summed E-state index contributed by atoms with van der Waals surface area (Å²) in [5, 5.41) is 21.8. The van der Waals surface area contributed by atoms with Gasteiger partial charge in [0.25, 0.3) is 0 Å². The number of epoxide rings is 1. The van der Waals surface area contributed by atoms with Crippen LogP contribution in [0.3, 0.4) is 0 Å². The predicted molar refractivity (Wildman–Crippen MR) is 145 cm³/mol. The van der Waals surface area contributed by atoms with E-state index in [1.54, 1.807) is 12.2 Å². The molecule has 4 rings (SSSR count). The summed E-state index contributed by atoms with van der Waals surface area (Å²) in [5.74, 6) is -0.132. The van der Waals surface area contributed by atoms with Crippen LogP contribution in [-0.2, 0) is 23.7 Å². The SMILES string of the molecule is C=C1C[C@H](C)C[C@@H]2CC=C[C@@H](C/C=C\C(=O)OC([C@@H](O)/C=C/C3CC(C)(C)CCO3)C[C@@H]3O[C@H]3[C@@H](O)C1)O2. The van der Waals surface area contributed by atoms with Gasteiger partial charge in [0.05, 0.1) is 30.5 Å². The molecular formula is C31H46O7. The van der Waals surface area contributed by atoms with E-state index >= 15 is 0 Å². The summed E-state index contributed by atoms with van der Waals surface area (Å²) in [7, 11) is 0. The molecular weight excluding hydrogens is 484 g/mol. The molecule has 2 bridgehead atoms. The summed E-state index contributed by atoms with van der Waals surface area (Å²) in [6.07, 6.45) is 13.5. The van der Waals surface area contributed by atoms with Crippen molar-refractivity contribution >= 4 is 5.97 Å². The lowest BCUT2D eigenvalue weighted by Crippen LogP contribution is -2.33. The maximum absolute atomic E-state index is 12.7. The third-order valence-electron chi connectivity index (χ3n) is 8.04. The van der Waals surface area contributed by atoms with Gasteiger partial charge in [-0.25, -0.2) is 4.79 Å². The van der Waals surface area contributed by atoms with E-state index in [0.29, 0.717) is 31.8 Å². The molecule has 7 nitrogen and oxygen atoms in total. The predicted octanol–water partition coefficient (Wildman–Crippen LogP) is 4.58. The van der Waals surface area contributed by atoms with Gasteiger partial charge in [0.15, 0.2) is 0 Å². The summed E-state index contributed by atoms with van der Waals surface area (Å²) < 4.78 is 23.6. The number of cyclic esters (lactones) is 1. The van der Waals surface area contributed by atoms with E-state index < -0.39 is 24.3 Å². The fourth-order valence-electron chi connectivity index (χ4n) is 5.87. The van der Waals surface area contributed by atoms with Gasteiger partial charge in [-0.1, -0.05) is 63.3 Å². The molecule has 0 saturated carbocycles. The maximum atomic E-state index is 12.7. The van der Waals surface area contributed by atoms with E-state index in [2.05, 4.69) is 33.4 Å². The fraction of sp³-hybridized carbons (Fsp3) is 0.710. The summed E-state index contributed by atoms with van der Waals surface area (Å²) in [5.41, 5.74) is 1.17. The third kappa shape index (κ3) is 8.88. The largest absolute Gasteiger partial charge is 0.456 e. The first kappa shape index (κ1) is 29.2. The average molecular weight is 531 g/mol. The van der Waals surface area contributed by atoms with Gasteiger partial charge < -0.3 is 29.2 Å². The molecule has 0 aromatic carbocycles. The smallest absolute Gasteiger partial charge is 0.330 e. The number of ether oxygens (including phenoxy) is 4. The standard InChI is InChI=1S/C31H46O7/c1-20-15-21(2)17-26(33)30-28(38-30)18-27(25(32)12-11-24-19-31(3,4)13-14-35-24)37-29(34)10-6-8-22-7-5-9-23(16-20)36-22/h5-7,10-12,20,22-28,30,32-33H,2,8-9,13-19H2,1,3-4H3/b10-6-,12-11+/t20-,22-,23-,24?,25-,26-,27?,28-,30-/m0/s1. The molecule has 7 heteroatoms. The second-order valence-corrected chi connectivity index (χ2v) is 12.4. The number of hydrogen-bond donors (Lipinski definition) is 2. The first-order valence-electron chi connectivity index (χ1n) is 14.3. The molecule has 4 aliphatic rings.